The molecule has 0 bridgehead atoms. The molecule has 0 fully saturated rings. The molecule has 0 amide bonds. The quantitative estimate of drug-likeness (QED) is 0.778. The summed E-state index contributed by atoms with van der Waals surface area (Å²) in [6.07, 6.45) is 0. The number of nitrogens with one attached hydrogen (secondary N) is 1. The molecule has 1 N–H and O–H groups in total. The molecule has 4 heteroatoms. The highest BCUT2D eigenvalue weighted by atomic mass is 35.5. The number of H-pyrrole nitrogens is 1. The molecule has 3 nitrogen and oxygen atoms in total. The Bertz CT molecular complexity index is 780. The fourth-order valence-electron chi connectivity index (χ4n) is 1.96. The average Bonchev–Trinajstić information content (AvgIpc) is 2.48. The largest absolute Gasteiger partial charge is 0.306 e. The Hall–Kier alpha value is -2.39. The van der Waals surface area contributed by atoms with Crippen molar-refractivity contribution in [3.8, 4) is 22.6 Å². The van der Waals surface area contributed by atoms with Crippen LogP contribution in [0.5, 0.6) is 0 Å². The molecule has 1 heterocycles. The van der Waals surface area contributed by atoms with Crippen LogP contribution in [0.15, 0.2) is 65.5 Å². The van der Waals surface area contributed by atoms with E-state index in [1.807, 2.05) is 42.5 Å². The molecule has 0 saturated heterocycles. The number of hydrogen-bond donors (Lipinski definition) is 1. The van der Waals surface area contributed by atoms with E-state index in [1.165, 1.54) is 6.07 Å². The Morgan fingerprint density at radius 2 is 1.60 bits per heavy atom. The van der Waals surface area contributed by atoms with E-state index in [1.54, 1.807) is 12.1 Å². The lowest BCUT2D eigenvalue weighted by molar-refractivity contribution is 1.13. The maximum Gasteiger partial charge on any atom is 0.251 e. The number of benzene rings is 2. The molecule has 1 aromatic heterocycles. The van der Waals surface area contributed by atoms with Crippen molar-refractivity contribution in [2.45, 2.75) is 0 Å². The third-order valence-electron chi connectivity index (χ3n) is 2.93. The summed E-state index contributed by atoms with van der Waals surface area (Å²) in [4.78, 5) is 19.1. The molecule has 2 aromatic carbocycles. The van der Waals surface area contributed by atoms with Crippen molar-refractivity contribution in [3.05, 3.63) is 76.0 Å². The molecule has 0 aliphatic carbocycles. The number of hydrogen-bond acceptors (Lipinski definition) is 2. The van der Waals surface area contributed by atoms with Crippen molar-refractivity contribution >= 4 is 11.6 Å². The molecule has 0 radical (unpaired) electrons. The van der Waals surface area contributed by atoms with Gasteiger partial charge in [0.05, 0.1) is 5.69 Å². The predicted molar refractivity (Wildman–Crippen MR) is 80.7 cm³/mol. The Morgan fingerprint density at radius 1 is 0.900 bits per heavy atom. The summed E-state index contributed by atoms with van der Waals surface area (Å²) < 4.78 is 0. The van der Waals surface area contributed by atoms with E-state index in [0.29, 0.717) is 16.5 Å². The molecule has 0 aliphatic rings. The van der Waals surface area contributed by atoms with Crippen molar-refractivity contribution in [1.29, 1.82) is 0 Å². The van der Waals surface area contributed by atoms with Crippen LogP contribution >= 0.6 is 11.6 Å². The second kappa shape index (κ2) is 5.31. The van der Waals surface area contributed by atoms with Gasteiger partial charge in [-0.3, -0.25) is 4.79 Å². The zero-order valence-corrected chi connectivity index (χ0v) is 11.3. The SMILES string of the molecule is O=c1cc(-c2ccc(Cl)cc2)nc(-c2ccccc2)[nH]1. The van der Waals surface area contributed by atoms with Crippen molar-refractivity contribution < 1.29 is 0 Å². The van der Waals surface area contributed by atoms with E-state index >= 15 is 0 Å². The number of aromatic nitrogens is 2. The number of halogens is 1. The first kappa shape index (κ1) is 12.6. The Morgan fingerprint density at radius 3 is 2.30 bits per heavy atom. The number of nitrogens with zero attached hydrogens (tertiary/aromatic N) is 1. The van der Waals surface area contributed by atoms with Gasteiger partial charge in [0.1, 0.15) is 5.82 Å². The van der Waals surface area contributed by atoms with Crippen molar-refractivity contribution in [1.82, 2.24) is 9.97 Å². The minimum Gasteiger partial charge on any atom is -0.306 e. The van der Waals surface area contributed by atoms with E-state index < -0.39 is 0 Å². The second-order valence-electron chi connectivity index (χ2n) is 4.35. The molecular weight excluding hydrogens is 272 g/mol. The third kappa shape index (κ3) is 2.63. The number of rotatable bonds is 2. The van der Waals surface area contributed by atoms with E-state index in [2.05, 4.69) is 9.97 Å². The zero-order valence-electron chi connectivity index (χ0n) is 10.5. The summed E-state index contributed by atoms with van der Waals surface area (Å²) in [6, 6.07) is 18.3. The molecule has 0 atom stereocenters. The van der Waals surface area contributed by atoms with Gasteiger partial charge in [-0.25, -0.2) is 4.98 Å². The molecule has 0 saturated carbocycles. The van der Waals surface area contributed by atoms with Gasteiger partial charge in [0.15, 0.2) is 0 Å². The van der Waals surface area contributed by atoms with Crippen LogP contribution in [0, 0.1) is 0 Å². The van der Waals surface area contributed by atoms with Gasteiger partial charge in [-0.15, -0.1) is 0 Å². The molecular formula is C16H11ClN2O. The first-order valence-corrected chi connectivity index (χ1v) is 6.53. The minimum absolute atomic E-state index is 0.177. The predicted octanol–water partition coefficient (Wildman–Crippen LogP) is 3.76. The van der Waals surface area contributed by atoms with E-state index in [4.69, 9.17) is 11.6 Å². The molecule has 3 rings (SSSR count). The second-order valence-corrected chi connectivity index (χ2v) is 4.79. The highest BCUT2D eigenvalue weighted by Crippen LogP contribution is 2.21. The average molecular weight is 283 g/mol. The lowest BCUT2D eigenvalue weighted by Gasteiger charge is -2.04. The van der Waals surface area contributed by atoms with Gasteiger partial charge in [-0.1, -0.05) is 54.1 Å². The van der Waals surface area contributed by atoms with Gasteiger partial charge in [-0.2, -0.15) is 0 Å². The minimum atomic E-state index is -0.177. The summed E-state index contributed by atoms with van der Waals surface area (Å²) in [7, 11) is 0. The lowest BCUT2D eigenvalue weighted by Crippen LogP contribution is -2.08. The summed E-state index contributed by atoms with van der Waals surface area (Å²) in [5.74, 6) is 0.558. The molecule has 20 heavy (non-hydrogen) atoms. The fourth-order valence-corrected chi connectivity index (χ4v) is 2.08. The molecule has 98 valence electrons. The summed E-state index contributed by atoms with van der Waals surface area (Å²) >= 11 is 5.87. The van der Waals surface area contributed by atoms with Gasteiger partial charge >= 0.3 is 0 Å². The molecule has 3 aromatic rings. The smallest absolute Gasteiger partial charge is 0.251 e. The first-order chi connectivity index (χ1) is 9.72. The fraction of sp³-hybridized carbons (Fsp3) is 0. The van der Waals surface area contributed by atoms with Gasteiger partial charge < -0.3 is 4.98 Å². The van der Waals surface area contributed by atoms with Crippen molar-refractivity contribution in [2.24, 2.45) is 0 Å². The zero-order chi connectivity index (χ0) is 13.9. The lowest BCUT2D eigenvalue weighted by atomic mass is 10.1. The van der Waals surface area contributed by atoms with Crippen LogP contribution in [0.2, 0.25) is 5.02 Å². The van der Waals surface area contributed by atoms with E-state index in [0.717, 1.165) is 11.1 Å². The normalized spacial score (nSPS) is 10.4. The maximum absolute atomic E-state index is 11.8. The molecule has 0 unspecified atom stereocenters. The van der Waals surface area contributed by atoms with Crippen LogP contribution in [-0.2, 0) is 0 Å². The standard InChI is InChI=1S/C16H11ClN2O/c17-13-8-6-11(7-9-13)14-10-15(20)19-16(18-14)12-4-2-1-3-5-12/h1-10H,(H,18,19,20). The van der Waals surface area contributed by atoms with Gasteiger partial charge in [0, 0.05) is 22.2 Å². The first-order valence-electron chi connectivity index (χ1n) is 6.15. The summed E-state index contributed by atoms with van der Waals surface area (Å²) in [5.41, 5.74) is 2.19. The Balaban J connectivity index is 2.12. The van der Waals surface area contributed by atoms with Crippen LogP contribution in [0.1, 0.15) is 0 Å². The summed E-state index contributed by atoms with van der Waals surface area (Å²) in [6.45, 7) is 0. The number of aromatic amines is 1. The molecule has 0 spiro atoms. The van der Waals surface area contributed by atoms with Crippen molar-refractivity contribution in [3.63, 3.8) is 0 Å². The van der Waals surface area contributed by atoms with Crippen LogP contribution in [0.3, 0.4) is 0 Å². The highest BCUT2D eigenvalue weighted by Gasteiger charge is 2.05. The van der Waals surface area contributed by atoms with Crippen LogP contribution in [-0.4, -0.2) is 9.97 Å². The van der Waals surface area contributed by atoms with Crippen LogP contribution < -0.4 is 5.56 Å². The van der Waals surface area contributed by atoms with Crippen molar-refractivity contribution in [2.75, 3.05) is 0 Å². The summed E-state index contributed by atoms with van der Waals surface area (Å²) in [5, 5.41) is 0.655. The third-order valence-corrected chi connectivity index (χ3v) is 3.18. The Kier molecular flexibility index (Phi) is 3.35. The van der Waals surface area contributed by atoms with Gasteiger partial charge in [-0.05, 0) is 12.1 Å². The Labute approximate surface area is 120 Å². The monoisotopic (exact) mass is 282 g/mol. The highest BCUT2D eigenvalue weighted by molar-refractivity contribution is 6.30. The van der Waals surface area contributed by atoms with Gasteiger partial charge in [0.25, 0.3) is 5.56 Å². The van der Waals surface area contributed by atoms with E-state index in [9.17, 15) is 4.79 Å². The van der Waals surface area contributed by atoms with Gasteiger partial charge in [0.2, 0.25) is 0 Å². The topological polar surface area (TPSA) is 45.8 Å². The maximum atomic E-state index is 11.8. The van der Waals surface area contributed by atoms with Crippen LogP contribution in [0.25, 0.3) is 22.6 Å². The van der Waals surface area contributed by atoms with Crippen LogP contribution in [0.4, 0.5) is 0 Å². The molecule has 0 aliphatic heterocycles. The van der Waals surface area contributed by atoms with E-state index in [-0.39, 0.29) is 5.56 Å².